The van der Waals surface area contributed by atoms with Crippen LogP contribution in [0.1, 0.15) is 33.6 Å². The first-order valence-corrected chi connectivity index (χ1v) is 6.22. The molecular formula is C12H26ClN3O. The average molecular weight is 264 g/mol. The zero-order valence-electron chi connectivity index (χ0n) is 11.1. The van der Waals surface area contributed by atoms with Crippen LogP contribution in [0.15, 0.2) is 0 Å². The van der Waals surface area contributed by atoms with E-state index in [-0.39, 0.29) is 29.8 Å². The van der Waals surface area contributed by atoms with Gasteiger partial charge in [-0.15, -0.1) is 12.4 Å². The van der Waals surface area contributed by atoms with Crippen LogP contribution in [-0.2, 0) is 4.79 Å². The monoisotopic (exact) mass is 263 g/mol. The minimum absolute atomic E-state index is 0. The van der Waals surface area contributed by atoms with Crippen molar-refractivity contribution in [1.82, 2.24) is 16.0 Å². The van der Waals surface area contributed by atoms with E-state index in [0.717, 1.165) is 39.0 Å². The van der Waals surface area contributed by atoms with E-state index in [9.17, 15) is 4.79 Å². The Morgan fingerprint density at radius 2 is 1.82 bits per heavy atom. The van der Waals surface area contributed by atoms with Gasteiger partial charge < -0.3 is 16.0 Å². The third-order valence-electron chi connectivity index (χ3n) is 2.79. The Bertz CT molecular complexity index is 222. The maximum atomic E-state index is 11.8. The second-order valence-electron chi connectivity index (χ2n) is 5.49. The highest BCUT2D eigenvalue weighted by Gasteiger charge is 2.20. The number of hydrogen-bond acceptors (Lipinski definition) is 3. The molecular weight excluding hydrogens is 238 g/mol. The van der Waals surface area contributed by atoms with E-state index >= 15 is 0 Å². The van der Waals surface area contributed by atoms with Gasteiger partial charge in [0.2, 0.25) is 5.91 Å². The minimum atomic E-state index is 0. The molecule has 1 fully saturated rings. The van der Waals surface area contributed by atoms with Crippen molar-refractivity contribution in [3.63, 3.8) is 0 Å². The van der Waals surface area contributed by atoms with Crippen molar-refractivity contribution < 1.29 is 4.79 Å². The van der Waals surface area contributed by atoms with Crippen molar-refractivity contribution in [1.29, 1.82) is 0 Å². The second-order valence-corrected chi connectivity index (χ2v) is 5.49. The highest BCUT2D eigenvalue weighted by atomic mass is 35.5. The van der Waals surface area contributed by atoms with Crippen LogP contribution in [-0.4, -0.2) is 37.6 Å². The maximum Gasteiger partial charge on any atom is 0.223 e. The molecule has 1 amide bonds. The standard InChI is InChI=1S/C12H25N3O.ClH/c1-12(2,3)15-9-8-14-11(16)10-4-6-13-7-5-10;/h10,13,15H,4-9H2,1-3H3,(H,14,16);1H. The van der Waals surface area contributed by atoms with Crippen LogP contribution in [0.2, 0.25) is 0 Å². The number of nitrogens with one attached hydrogen (secondary N) is 3. The number of halogens is 1. The molecule has 1 rings (SSSR count). The molecule has 1 heterocycles. The largest absolute Gasteiger partial charge is 0.355 e. The third-order valence-corrected chi connectivity index (χ3v) is 2.79. The van der Waals surface area contributed by atoms with Crippen LogP contribution in [0.25, 0.3) is 0 Å². The Kier molecular flexibility index (Phi) is 7.75. The molecule has 0 bridgehead atoms. The van der Waals surface area contributed by atoms with Crippen molar-refractivity contribution in [2.45, 2.75) is 39.2 Å². The molecule has 0 aromatic carbocycles. The fourth-order valence-corrected chi connectivity index (χ4v) is 1.85. The average Bonchev–Trinajstić information content (AvgIpc) is 2.24. The fourth-order valence-electron chi connectivity index (χ4n) is 1.85. The normalized spacial score (nSPS) is 17.4. The molecule has 3 N–H and O–H groups in total. The van der Waals surface area contributed by atoms with Crippen molar-refractivity contribution >= 4 is 18.3 Å². The lowest BCUT2D eigenvalue weighted by Crippen LogP contribution is -2.43. The molecule has 4 nitrogen and oxygen atoms in total. The van der Waals surface area contributed by atoms with Crippen molar-refractivity contribution in [3.8, 4) is 0 Å². The lowest BCUT2D eigenvalue weighted by atomic mass is 9.97. The first kappa shape index (κ1) is 16.7. The molecule has 1 aliphatic rings. The molecule has 0 aliphatic carbocycles. The Balaban J connectivity index is 0.00000256. The number of rotatable bonds is 4. The van der Waals surface area contributed by atoms with E-state index in [1.807, 2.05) is 0 Å². The molecule has 0 spiro atoms. The SMILES string of the molecule is CC(C)(C)NCCNC(=O)C1CCNCC1.Cl. The van der Waals surface area contributed by atoms with Crippen molar-refractivity contribution in [2.24, 2.45) is 5.92 Å². The zero-order valence-corrected chi connectivity index (χ0v) is 12.0. The van der Waals surface area contributed by atoms with Gasteiger partial charge in [-0.1, -0.05) is 0 Å². The molecule has 0 atom stereocenters. The van der Waals surface area contributed by atoms with Crippen LogP contribution in [0.3, 0.4) is 0 Å². The fraction of sp³-hybridized carbons (Fsp3) is 0.917. The zero-order chi connectivity index (χ0) is 12.0. The molecule has 102 valence electrons. The summed E-state index contributed by atoms with van der Waals surface area (Å²) in [6, 6.07) is 0. The topological polar surface area (TPSA) is 53.2 Å². The summed E-state index contributed by atoms with van der Waals surface area (Å²) < 4.78 is 0. The first-order valence-electron chi connectivity index (χ1n) is 6.22. The quantitative estimate of drug-likeness (QED) is 0.661. The van der Waals surface area contributed by atoms with Crippen molar-refractivity contribution in [2.75, 3.05) is 26.2 Å². The molecule has 1 saturated heterocycles. The summed E-state index contributed by atoms with van der Waals surface area (Å²) in [6.07, 6.45) is 1.94. The summed E-state index contributed by atoms with van der Waals surface area (Å²) in [5.41, 5.74) is 0.124. The molecule has 1 aliphatic heterocycles. The smallest absolute Gasteiger partial charge is 0.223 e. The summed E-state index contributed by atoms with van der Waals surface area (Å²) in [6.45, 7) is 9.88. The highest BCUT2D eigenvalue weighted by molar-refractivity contribution is 5.85. The third kappa shape index (κ3) is 7.58. The predicted molar refractivity (Wildman–Crippen MR) is 73.6 cm³/mol. The summed E-state index contributed by atoms with van der Waals surface area (Å²) in [5.74, 6) is 0.438. The van der Waals surface area contributed by atoms with E-state index < -0.39 is 0 Å². The maximum absolute atomic E-state index is 11.8. The number of hydrogen-bond donors (Lipinski definition) is 3. The summed E-state index contributed by atoms with van der Waals surface area (Å²) in [4.78, 5) is 11.8. The Morgan fingerprint density at radius 3 is 2.35 bits per heavy atom. The minimum Gasteiger partial charge on any atom is -0.355 e. The van der Waals surface area contributed by atoms with Crippen LogP contribution in [0.5, 0.6) is 0 Å². The number of piperidine rings is 1. The first-order chi connectivity index (χ1) is 7.49. The van der Waals surface area contributed by atoms with Gasteiger partial charge in [-0.3, -0.25) is 4.79 Å². The van der Waals surface area contributed by atoms with Gasteiger partial charge in [0.1, 0.15) is 0 Å². The van der Waals surface area contributed by atoms with E-state index in [0.29, 0.717) is 0 Å². The van der Waals surface area contributed by atoms with E-state index in [4.69, 9.17) is 0 Å². The van der Waals surface area contributed by atoms with Crippen LogP contribution < -0.4 is 16.0 Å². The lowest BCUT2D eigenvalue weighted by molar-refractivity contribution is -0.125. The van der Waals surface area contributed by atoms with Gasteiger partial charge in [-0.25, -0.2) is 0 Å². The lowest BCUT2D eigenvalue weighted by Gasteiger charge is -2.23. The number of carbonyl (C=O) groups is 1. The van der Waals surface area contributed by atoms with Crippen LogP contribution in [0, 0.1) is 5.92 Å². The van der Waals surface area contributed by atoms with Crippen LogP contribution >= 0.6 is 12.4 Å². The molecule has 0 aromatic rings. The van der Waals surface area contributed by atoms with Gasteiger partial charge in [0, 0.05) is 24.5 Å². The van der Waals surface area contributed by atoms with Gasteiger partial charge in [-0.2, -0.15) is 0 Å². The van der Waals surface area contributed by atoms with Gasteiger partial charge in [0.15, 0.2) is 0 Å². The molecule has 17 heavy (non-hydrogen) atoms. The molecule has 0 radical (unpaired) electrons. The summed E-state index contributed by atoms with van der Waals surface area (Å²) in [7, 11) is 0. The van der Waals surface area contributed by atoms with Crippen LogP contribution in [0.4, 0.5) is 0 Å². The van der Waals surface area contributed by atoms with E-state index in [1.165, 1.54) is 0 Å². The number of amides is 1. The second kappa shape index (κ2) is 7.90. The van der Waals surface area contributed by atoms with Gasteiger partial charge >= 0.3 is 0 Å². The Labute approximate surface area is 111 Å². The number of carbonyl (C=O) groups excluding carboxylic acids is 1. The van der Waals surface area contributed by atoms with Gasteiger partial charge in [-0.05, 0) is 46.7 Å². The Hall–Kier alpha value is -0.320. The predicted octanol–water partition coefficient (Wildman–Crippen LogP) is 0.912. The summed E-state index contributed by atoms with van der Waals surface area (Å²) in [5, 5.41) is 9.61. The van der Waals surface area contributed by atoms with Crippen molar-refractivity contribution in [3.05, 3.63) is 0 Å². The highest BCUT2D eigenvalue weighted by Crippen LogP contribution is 2.10. The molecule has 0 aromatic heterocycles. The van der Waals surface area contributed by atoms with Gasteiger partial charge in [0.25, 0.3) is 0 Å². The molecule has 0 saturated carbocycles. The van der Waals surface area contributed by atoms with Gasteiger partial charge in [0.05, 0.1) is 0 Å². The molecule has 0 unspecified atom stereocenters. The van der Waals surface area contributed by atoms with E-state index in [1.54, 1.807) is 0 Å². The summed E-state index contributed by atoms with van der Waals surface area (Å²) >= 11 is 0. The van der Waals surface area contributed by atoms with E-state index in [2.05, 4.69) is 36.7 Å². The molecule has 5 heteroatoms. The Morgan fingerprint density at radius 1 is 1.24 bits per heavy atom.